The minimum Gasteiger partial charge on any atom is -0.214 e. The molecule has 0 spiro atoms. The molecule has 0 unspecified atom stereocenters. The number of nitrogens with one attached hydrogen (secondary N) is 2. The molecule has 0 heterocycles. The predicted octanol–water partition coefficient (Wildman–Crippen LogP) is 4.07. The maximum Gasteiger partial charge on any atom is 0.232 e. The first kappa shape index (κ1) is 29.8. The van der Waals surface area contributed by atoms with E-state index < -0.39 is 24.1 Å². The second-order valence-electron chi connectivity index (χ2n) is 8.25. The fourth-order valence-electron chi connectivity index (χ4n) is 2.98. The highest BCUT2D eigenvalue weighted by atomic mass is 32.3. The van der Waals surface area contributed by atoms with Crippen molar-refractivity contribution < 1.29 is 16.8 Å². The minimum atomic E-state index is -4.05. The molecule has 0 amide bonds. The molecule has 8 nitrogen and oxygen atoms in total. The molecular weight excluding hydrogens is 436 g/mol. The van der Waals surface area contributed by atoms with E-state index in [0.717, 1.165) is 64.2 Å². The predicted molar refractivity (Wildman–Crippen MR) is 124 cm³/mol. The molecule has 0 aromatic carbocycles. The molecule has 0 atom stereocenters. The number of nitriles is 2. The second kappa shape index (κ2) is 16.4. The Kier molecular flexibility index (Phi) is 15.8. The summed E-state index contributed by atoms with van der Waals surface area (Å²) in [6.45, 7) is 2.85. The lowest BCUT2D eigenvalue weighted by molar-refractivity contribution is 0.530. The molecule has 0 aliphatic rings. The van der Waals surface area contributed by atoms with Gasteiger partial charge in [-0.2, -0.15) is 10.5 Å². The molecule has 31 heavy (non-hydrogen) atoms. The minimum absolute atomic E-state index is 0.214. The van der Waals surface area contributed by atoms with Crippen molar-refractivity contribution in [3.05, 3.63) is 0 Å². The summed E-state index contributed by atoms with van der Waals surface area (Å²) in [7, 11) is -8.09. The van der Waals surface area contributed by atoms with E-state index in [1.54, 1.807) is 0 Å². The lowest BCUT2D eigenvalue weighted by Crippen LogP contribution is -2.52. The lowest BCUT2D eigenvalue weighted by Gasteiger charge is -2.25. The van der Waals surface area contributed by atoms with Gasteiger partial charge < -0.3 is 0 Å². The molecule has 0 rings (SSSR count). The number of hydrogen-bond donors (Lipinski definition) is 2. The fourth-order valence-corrected chi connectivity index (χ4v) is 6.01. The molecular formula is C21H40N4O4S2. The largest absolute Gasteiger partial charge is 0.232 e. The van der Waals surface area contributed by atoms with Gasteiger partial charge in [-0.3, -0.25) is 0 Å². The van der Waals surface area contributed by atoms with Crippen LogP contribution >= 0.6 is 0 Å². The van der Waals surface area contributed by atoms with Crippen molar-refractivity contribution in [1.82, 2.24) is 9.44 Å². The highest BCUT2D eigenvalue weighted by molar-refractivity contribution is 8.08. The van der Waals surface area contributed by atoms with Crippen LogP contribution in [0.15, 0.2) is 0 Å². The van der Waals surface area contributed by atoms with Gasteiger partial charge in [-0.25, -0.2) is 26.3 Å². The Morgan fingerprint density at radius 2 is 0.871 bits per heavy atom. The summed E-state index contributed by atoms with van der Waals surface area (Å²) < 4.78 is 53.2. The maximum absolute atomic E-state index is 12.6. The smallest absolute Gasteiger partial charge is 0.214 e. The normalized spacial score (nSPS) is 12.4. The summed E-state index contributed by atoms with van der Waals surface area (Å²) in [4.78, 5) is 0. The fraction of sp³-hybridized carbons (Fsp3) is 0.905. The van der Waals surface area contributed by atoms with Crippen molar-refractivity contribution in [1.29, 1.82) is 10.5 Å². The molecule has 0 bridgehead atoms. The molecule has 180 valence electrons. The summed E-state index contributed by atoms with van der Waals surface area (Å²) >= 11 is 0. The van der Waals surface area contributed by atoms with Crippen LogP contribution in [-0.4, -0.2) is 34.0 Å². The molecule has 0 saturated heterocycles. The topological polar surface area (TPSA) is 140 Å². The van der Waals surface area contributed by atoms with Crippen molar-refractivity contribution in [2.45, 2.75) is 108 Å². The zero-order valence-corrected chi connectivity index (χ0v) is 20.8. The van der Waals surface area contributed by atoms with E-state index in [4.69, 9.17) is 10.5 Å². The molecule has 0 aliphatic heterocycles. The quantitative estimate of drug-likeness (QED) is 0.254. The third kappa shape index (κ3) is 12.4. The van der Waals surface area contributed by atoms with Gasteiger partial charge in [0.15, 0.2) is 4.08 Å². The number of sulfonamides is 2. The van der Waals surface area contributed by atoms with Crippen LogP contribution < -0.4 is 9.44 Å². The summed E-state index contributed by atoms with van der Waals surface area (Å²) in [5, 5.41) is 17.0. The Labute approximate surface area is 189 Å². The highest BCUT2D eigenvalue weighted by Gasteiger charge is 2.46. The van der Waals surface area contributed by atoms with Crippen molar-refractivity contribution >= 4 is 20.0 Å². The van der Waals surface area contributed by atoms with Crippen molar-refractivity contribution in [2.24, 2.45) is 0 Å². The molecule has 10 heteroatoms. The van der Waals surface area contributed by atoms with E-state index in [1.165, 1.54) is 13.8 Å². The molecule has 0 aromatic heterocycles. The van der Waals surface area contributed by atoms with Crippen LogP contribution in [0.3, 0.4) is 0 Å². The zero-order valence-electron chi connectivity index (χ0n) is 19.2. The molecule has 0 radical (unpaired) electrons. The Morgan fingerprint density at radius 1 is 0.581 bits per heavy atom. The van der Waals surface area contributed by atoms with E-state index in [-0.39, 0.29) is 13.1 Å². The zero-order chi connectivity index (χ0) is 23.6. The summed E-state index contributed by atoms with van der Waals surface area (Å²) in [6, 6.07) is 4.22. The van der Waals surface area contributed by atoms with Gasteiger partial charge in [-0.1, -0.05) is 51.4 Å². The van der Waals surface area contributed by atoms with Crippen molar-refractivity contribution in [3.8, 4) is 12.1 Å². The number of hydrogen-bond acceptors (Lipinski definition) is 6. The first-order valence-electron chi connectivity index (χ1n) is 11.3. The van der Waals surface area contributed by atoms with Crippen molar-refractivity contribution in [2.75, 3.05) is 13.1 Å². The van der Waals surface area contributed by atoms with Gasteiger partial charge in [-0.15, -0.1) is 0 Å². The lowest BCUT2D eigenvalue weighted by atomic mass is 10.1. The van der Waals surface area contributed by atoms with Crippen LogP contribution in [-0.2, 0) is 20.0 Å². The van der Waals surface area contributed by atoms with Crippen LogP contribution in [0.4, 0.5) is 0 Å². The second-order valence-corrected chi connectivity index (χ2v) is 13.1. The maximum atomic E-state index is 12.6. The standard InChI is InChI=1S/C21H40N4O4S2/c1-21(2,30(26,27)24-19-15-11-7-3-5-9-13-17-22)31(28,29)25-20-16-12-8-4-6-10-14-18-23/h24-25H,3-16,19-20H2,1-2H3. The first-order chi connectivity index (χ1) is 14.6. The van der Waals surface area contributed by atoms with Crippen LogP contribution in [0, 0.1) is 22.7 Å². The van der Waals surface area contributed by atoms with Gasteiger partial charge >= 0.3 is 0 Å². The van der Waals surface area contributed by atoms with Crippen LogP contribution in [0.1, 0.15) is 104 Å². The van der Waals surface area contributed by atoms with E-state index in [0.29, 0.717) is 25.7 Å². The van der Waals surface area contributed by atoms with Gasteiger partial charge in [0, 0.05) is 25.9 Å². The third-order valence-corrected chi connectivity index (χ3v) is 10.4. The van der Waals surface area contributed by atoms with Crippen LogP contribution in [0.2, 0.25) is 0 Å². The van der Waals surface area contributed by atoms with Gasteiger partial charge in [0.2, 0.25) is 20.0 Å². The highest BCUT2D eigenvalue weighted by Crippen LogP contribution is 2.22. The van der Waals surface area contributed by atoms with Gasteiger partial charge in [0.25, 0.3) is 0 Å². The average molecular weight is 477 g/mol. The first-order valence-corrected chi connectivity index (χ1v) is 14.3. The monoisotopic (exact) mass is 476 g/mol. The number of nitrogens with zero attached hydrogens (tertiary/aromatic N) is 2. The molecule has 0 saturated carbocycles. The summed E-state index contributed by atoms with van der Waals surface area (Å²) in [5.74, 6) is 0. The molecule has 0 aromatic rings. The van der Waals surface area contributed by atoms with E-state index >= 15 is 0 Å². The summed E-state index contributed by atoms with van der Waals surface area (Å²) in [6.07, 6.45) is 11.9. The molecule has 0 aliphatic carbocycles. The van der Waals surface area contributed by atoms with Crippen molar-refractivity contribution in [3.63, 3.8) is 0 Å². The SMILES string of the molecule is CC(C)(S(=O)(=O)NCCCCCCCCC#N)S(=O)(=O)NCCCCCCCCC#N. The third-order valence-electron chi connectivity index (χ3n) is 5.31. The number of rotatable bonds is 20. The van der Waals surface area contributed by atoms with E-state index in [1.807, 2.05) is 0 Å². The Morgan fingerprint density at radius 3 is 1.19 bits per heavy atom. The van der Waals surface area contributed by atoms with Crippen LogP contribution in [0.5, 0.6) is 0 Å². The Balaban J connectivity index is 4.20. The van der Waals surface area contributed by atoms with Gasteiger partial charge in [0.1, 0.15) is 0 Å². The van der Waals surface area contributed by atoms with E-state index in [2.05, 4.69) is 21.6 Å². The molecule has 2 N–H and O–H groups in total. The summed E-state index contributed by atoms with van der Waals surface area (Å²) in [5.41, 5.74) is 0. The Bertz CT molecular complexity index is 702. The van der Waals surface area contributed by atoms with Gasteiger partial charge in [-0.05, 0) is 39.5 Å². The average Bonchev–Trinajstić information content (AvgIpc) is 2.71. The Hall–Kier alpha value is -1.20. The van der Waals surface area contributed by atoms with Crippen LogP contribution in [0.25, 0.3) is 0 Å². The number of unbranched alkanes of at least 4 members (excludes halogenated alkanes) is 12. The van der Waals surface area contributed by atoms with E-state index in [9.17, 15) is 16.8 Å². The molecule has 0 fully saturated rings. The van der Waals surface area contributed by atoms with Gasteiger partial charge in [0.05, 0.1) is 12.1 Å².